The first-order chi connectivity index (χ1) is 12.7. The molecule has 1 N–H and O–H groups in total. The molecule has 2 heterocycles. The van der Waals surface area contributed by atoms with Crippen LogP contribution in [-0.4, -0.2) is 23.1 Å². The van der Waals surface area contributed by atoms with Gasteiger partial charge < -0.3 is 10.2 Å². The highest BCUT2D eigenvalue weighted by atomic mass is 35.5. The second-order valence-corrected chi connectivity index (χ2v) is 7.29. The van der Waals surface area contributed by atoms with E-state index < -0.39 is 0 Å². The SMILES string of the molecule is C[C@@H](Nc1nc(N2CCCCC2)nc2ccccc12)c1ccc(Cl)cc1.Cl. The van der Waals surface area contributed by atoms with E-state index in [9.17, 15) is 0 Å². The molecule has 0 spiro atoms. The van der Waals surface area contributed by atoms with E-state index in [2.05, 4.69) is 41.4 Å². The number of hydrogen-bond acceptors (Lipinski definition) is 4. The molecule has 4 nitrogen and oxygen atoms in total. The summed E-state index contributed by atoms with van der Waals surface area (Å²) in [4.78, 5) is 12.0. The Bertz CT molecular complexity index is 892. The molecule has 1 aliphatic rings. The molecular weight excluding hydrogens is 379 g/mol. The van der Waals surface area contributed by atoms with Gasteiger partial charge in [-0.3, -0.25) is 0 Å². The number of rotatable bonds is 4. The van der Waals surface area contributed by atoms with E-state index in [0.29, 0.717) is 0 Å². The minimum Gasteiger partial charge on any atom is -0.363 e. The summed E-state index contributed by atoms with van der Waals surface area (Å²) in [5.41, 5.74) is 2.16. The first-order valence-electron chi connectivity index (χ1n) is 9.24. The first kappa shape index (κ1) is 19.7. The summed E-state index contributed by atoms with van der Waals surface area (Å²) >= 11 is 6.01. The zero-order valence-electron chi connectivity index (χ0n) is 15.4. The monoisotopic (exact) mass is 402 g/mol. The highest BCUT2D eigenvalue weighted by molar-refractivity contribution is 6.30. The van der Waals surface area contributed by atoms with Crippen molar-refractivity contribution in [3.8, 4) is 0 Å². The molecule has 1 atom stereocenters. The zero-order valence-corrected chi connectivity index (χ0v) is 16.9. The second-order valence-electron chi connectivity index (χ2n) is 6.85. The van der Waals surface area contributed by atoms with Gasteiger partial charge >= 0.3 is 0 Å². The highest BCUT2D eigenvalue weighted by Crippen LogP contribution is 2.28. The largest absolute Gasteiger partial charge is 0.363 e. The molecule has 3 aromatic rings. The van der Waals surface area contributed by atoms with E-state index in [0.717, 1.165) is 40.8 Å². The summed E-state index contributed by atoms with van der Waals surface area (Å²) in [6.45, 7) is 4.20. The number of hydrogen-bond donors (Lipinski definition) is 1. The fraction of sp³-hybridized carbons (Fsp3) is 0.333. The number of nitrogens with one attached hydrogen (secondary N) is 1. The van der Waals surface area contributed by atoms with Crippen LogP contribution in [0.5, 0.6) is 0 Å². The molecule has 142 valence electrons. The summed E-state index contributed by atoms with van der Waals surface area (Å²) in [5.74, 6) is 1.72. The number of aromatic nitrogens is 2. The Kier molecular flexibility index (Phi) is 6.40. The van der Waals surface area contributed by atoms with Crippen LogP contribution in [0.25, 0.3) is 10.9 Å². The molecule has 0 radical (unpaired) electrons. The standard InChI is InChI=1S/C21H23ClN4.ClH/c1-15(16-9-11-17(22)12-10-16)23-20-18-7-3-4-8-19(18)24-21(25-20)26-13-5-2-6-14-26;/h3-4,7-12,15H,2,5-6,13-14H2,1H3,(H,23,24,25);1H/t15-;/m1./s1. The van der Waals surface area contributed by atoms with Crippen LogP contribution in [0.4, 0.5) is 11.8 Å². The lowest BCUT2D eigenvalue weighted by atomic mass is 10.1. The molecule has 6 heteroatoms. The maximum atomic E-state index is 6.01. The van der Waals surface area contributed by atoms with Crippen molar-refractivity contribution in [2.75, 3.05) is 23.3 Å². The van der Waals surface area contributed by atoms with Crippen molar-refractivity contribution in [3.05, 3.63) is 59.1 Å². The average molecular weight is 403 g/mol. The summed E-state index contributed by atoms with van der Waals surface area (Å²) in [6, 6.07) is 16.3. The number of nitrogens with zero attached hydrogens (tertiary/aromatic N) is 3. The Balaban J connectivity index is 0.00000210. The van der Waals surface area contributed by atoms with E-state index in [1.165, 1.54) is 24.8 Å². The molecule has 1 saturated heterocycles. The lowest BCUT2D eigenvalue weighted by Gasteiger charge is -2.27. The smallest absolute Gasteiger partial charge is 0.227 e. The fourth-order valence-corrected chi connectivity index (χ4v) is 3.58. The Morgan fingerprint density at radius 1 is 0.963 bits per heavy atom. The van der Waals surface area contributed by atoms with Crippen molar-refractivity contribution in [1.29, 1.82) is 0 Å². The van der Waals surface area contributed by atoms with Crippen LogP contribution in [0.15, 0.2) is 48.5 Å². The maximum Gasteiger partial charge on any atom is 0.227 e. The number of anilines is 2. The zero-order chi connectivity index (χ0) is 17.9. The average Bonchev–Trinajstić information content (AvgIpc) is 2.69. The van der Waals surface area contributed by atoms with Crippen molar-refractivity contribution in [1.82, 2.24) is 9.97 Å². The summed E-state index contributed by atoms with van der Waals surface area (Å²) < 4.78 is 0. The van der Waals surface area contributed by atoms with Gasteiger partial charge in [-0.1, -0.05) is 35.9 Å². The maximum absolute atomic E-state index is 6.01. The van der Waals surface area contributed by atoms with Gasteiger partial charge in [-0.25, -0.2) is 4.98 Å². The van der Waals surface area contributed by atoms with Gasteiger partial charge in [0.2, 0.25) is 5.95 Å². The summed E-state index contributed by atoms with van der Waals surface area (Å²) in [6.07, 6.45) is 3.71. The lowest BCUT2D eigenvalue weighted by molar-refractivity contribution is 0.569. The molecule has 1 fully saturated rings. The predicted molar refractivity (Wildman–Crippen MR) is 116 cm³/mol. The van der Waals surface area contributed by atoms with Gasteiger partial charge in [0.15, 0.2) is 0 Å². The topological polar surface area (TPSA) is 41.1 Å². The Morgan fingerprint density at radius 3 is 2.41 bits per heavy atom. The van der Waals surface area contributed by atoms with Gasteiger partial charge in [0, 0.05) is 29.5 Å². The van der Waals surface area contributed by atoms with Crippen molar-refractivity contribution in [2.45, 2.75) is 32.2 Å². The van der Waals surface area contributed by atoms with Gasteiger partial charge in [0.05, 0.1) is 5.52 Å². The van der Waals surface area contributed by atoms with Crippen LogP contribution in [0, 0.1) is 0 Å². The van der Waals surface area contributed by atoms with Crippen molar-refractivity contribution < 1.29 is 0 Å². The van der Waals surface area contributed by atoms with Gasteiger partial charge in [-0.15, -0.1) is 12.4 Å². The van der Waals surface area contributed by atoms with E-state index in [4.69, 9.17) is 21.6 Å². The van der Waals surface area contributed by atoms with Gasteiger partial charge in [0.1, 0.15) is 5.82 Å². The Labute approximate surface area is 171 Å². The normalized spacial score (nSPS) is 15.3. The Hall–Kier alpha value is -2.04. The van der Waals surface area contributed by atoms with Crippen molar-refractivity contribution >= 4 is 46.7 Å². The van der Waals surface area contributed by atoms with Crippen LogP contribution in [0.1, 0.15) is 37.8 Å². The van der Waals surface area contributed by atoms with Gasteiger partial charge in [-0.05, 0) is 56.0 Å². The third-order valence-electron chi connectivity index (χ3n) is 4.95. The van der Waals surface area contributed by atoms with Crippen LogP contribution < -0.4 is 10.2 Å². The molecule has 1 aliphatic heterocycles. The van der Waals surface area contributed by atoms with Crippen molar-refractivity contribution in [2.24, 2.45) is 0 Å². The molecule has 1 aromatic heterocycles. The van der Waals surface area contributed by atoms with E-state index in [1.807, 2.05) is 24.3 Å². The Morgan fingerprint density at radius 2 is 1.67 bits per heavy atom. The molecule has 0 aliphatic carbocycles. The van der Waals surface area contributed by atoms with E-state index in [-0.39, 0.29) is 18.4 Å². The third-order valence-corrected chi connectivity index (χ3v) is 5.21. The molecule has 0 bridgehead atoms. The van der Waals surface area contributed by atoms with Gasteiger partial charge in [-0.2, -0.15) is 4.98 Å². The van der Waals surface area contributed by atoms with Crippen LogP contribution in [0.2, 0.25) is 5.02 Å². The molecular formula is C21H24Cl2N4. The minimum absolute atomic E-state index is 0. The summed E-state index contributed by atoms with van der Waals surface area (Å²) in [5, 5.41) is 5.38. The highest BCUT2D eigenvalue weighted by Gasteiger charge is 2.17. The number of fused-ring (bicyclic) bond motifs is 1. The van der Waals surface area contributed by atoms with Crippen LogP contribution >= 0.6 is 24.0 Å². The number of para-hydroxylation sites is 1. The number of piperidine rings is 1. The minimum atomic E-state index is 0. The predicted octanol–water partition coefficient (Wildman–Crippen LogP) is 5.87. The molecule has 0 amide bonds. The number of halogens is 2. The number of benzene rings is 2. The molecule has 0 saturated carbocycles. The molecule has 2 aromatic carbocycles. The van der Waals surface area contributed by atoms with Crippen LogP contribution in [0.3, 0.4) is 0 Å². The van der Waals surface area contributed by atoms with Crippen molar-refractivity contribution in [3.63, 3.8) is 0 Å². The quantitative estimate of drug-likeness (QED) is 0.592. The van der Waals surface area contributed by atoms with E-state index in [1.54, 1.807) is 0 Å². The second kappa shape index (κ2) is 8.77. The molecule has 0 unspecified atom stereocenters. The lowest BCUT2D eigenvalue weighted by Crippen LogP contribution is -2.31. The first-order valence-corrected chi connectivity index (χ1v) is 9.62. The summed E-state index contributed by atoms with van der Waals surface area (Å²) in [7, 11) is 0. The third kappa shape index (κ3) is 4.45. The molecule has 4 rings (SSSR count). The fourth-order valence-electron chi connectivity index (χ4n) is 3.45. The van der Waals surface area contributed by atoms with E-state index >= 15 is 0 Å². The molecule has 27 heavy (non-hydrogen) atoms. The van der Waals surface area contributed by atoms with Gasteiger partial charge in [0.25, 0.3) is 0 Å². The van der Waals surface area contributed by atoms with Crippen LogP contribution in [-0.2, 0) is 0 Å².